The molecular formula is C25H36O7. The van der Waals surface area contributed by atoms with Crippen molar-refractivity contribution < 1.29 is 33.6 Å². The molecule has 32 heavy (non-hydrogen) atoms. The molecule has 3 fully saturated rings. The zero-order valence-electron chi connectivity index (χ0n) is 20.1. The third-order valence-electron chi connectivity index (χ3n) is 7.21. The SMILES string of the molecule is C=C([C@H](C[C@H]1OC1(C)C)OC(=O)/C(C)=C\C)[C@H]1C[C@H]2O[C@@]2(C)[C@H](OC(=O)/C(C)=C\C)[C@@H]1O. The maximum atomic E-state index is 12.5. The van der Waals surface area contributed by atoms with Crippen LogP contribution in [-0.2, 0) is 28.5 Å². The summed E-state index contributed by atoms with van der Waals surface area (Å²) >= 11 is 0. The number of epoxide rings is 2. The van der Waals surface area contributed by atoms with Crippen LogP contribution in [-0.4, -0.2) is 58.8 Å². The van der Waals surface area contributed by atoms with Crippen molar-refractivity contribution >= 4 is 11.9 Å². The van der Waals surface area contributed by atoms with Gasteiger partial charge in [-0.25, -0.2) is 9.59 Å². The van der Waals surface area contributed by atoms with E-state index in [2.05, 4.69) is 6.58 Å². The first-order valence-corrected chi connectivity index (χ1v) is 11.3. The molecule has 0 aromatic heterocycles. The van der Waals surface area contributed by atoms with Gasteiger partial charge in [-0.15, -0.1) is 0 Å². The highest BCUT2D eigenvalue weighted by Gasteiger charge is 2.67. The van der Waals surface area contributed by atoms with Gasteiger partial charge in [-0.05, 0) is 60.5 Å². The summed E-state index contributed by atoms with van der Waals surface area (Å²) in [7, 11) is 0. The van der Waals surface area contributed by atoms with E-state index in [1.54, 1.807) is 39.8 Å². The molecule has 2 aliphatic heterocycles. The second-order valence-electron chi connectivity index (χ2n) is 9.81. The quantitative estimate of drug-likeness (QED) is 0.263. The van der Waals surface area contributed by atoms with Gasteiger partial charge >= 0.3 is 11.9 Å². The van der Waals surface area contributed by atoms with Gasteiger partial charge in [0, 0.05) is 23.5 Å². The summed E-state index contributed by atoms with van der Waals surface area (Å²) in [4.78, 5) is 24.9. The molecule has 0 aromatic carbocycles. The Morgan fingerprint density at radius 1 is 1.12 bits per heavy atom. The van der Waals surface area contributed by atoms with Gasteiger partial charge in [0.2, 0.25) is 0 Å². The molecule has 3 rings (SSSR count). The zero-order chi connectivity index (χ0) is 24.0. The number of hydrogen-bond acceptors (Lipinski definition) is 7. The molecule has 0 amide bonds. The van der Waals surface area contributed by atoms with Crippen molar-refractivity contribution in [2.75, 3.05) is 0 Å². The minimum Gasteiger partial charge on any atom is -0.454 e. The Hall–Kier alpha value is -1.96. The maximum absolute atomic E-state index is 12.5. The van der Waals surface area contributed by atoms with Crippen molar-refractivity contribution in [3.05, 3.63) is 35.5 Å². The molecule has 1 N–H and O–H groups in total. The monoisotopic (exact) mass is 448 g/mol. The number of carbonyl (C=O) groups is 2. The van der Waals surface area contributed by atoms with Gasteiger partial charge in [-0.3, -0.25) is 0 Å². The molecule has 7 nitrogen and oxygen atoms in total. The van der Waals surface area contributed by atoms with E-state index in [4.69, 9.17) is 18.9 Å². The summed E-state index contributed by atoms with van der Waals surface area (Å²) in [5.74, 6) is -1.37. The van der Waals surface area contributed by atoms with Crippen LogP contribution in [0.25, 0.3) is 0 Å². The molecule has 2 saturated heterocycles. The van der Waals surface area contributed by atoms with E-state index in [0.29, 0.717) is 29.6 Å². The van der Waals surface area contributed by atoms with Crippen LogP contribution in [0.15, 0.2) is 35.5 Å². The standard InChI is InChI=1S/C25H36O7/c1-9-13(3)22(27)29-17(12-18-24(6,7)31-18)15(5)16-11-19-25(8,32-19)21(20(16)26)30-23(28)14(4)10-2/h9-10,16-21,26H,5,11-12H2,1-4,6-8H3/b13-9-,14-10-/t16-,17+,18-,19-,20-,21-,25-/m1/s1. The molecule has 0 spiro atoms. The van der Waals surface area contributed by atoms with Gasteiger partial charge in [0.15, 0.2) is 6.10 Å². The molecule has 1 saturated carbocycles. The molecule has 2 heterocycles. The lowest BCUT2D eigenvalue weighted by molar-refractivity contribution is -0.159. The highest BCUT2D eigenvalue weighted by molar-refractivity contribution is 5.88. The molecular weight excluding hydrogens is 412 g/mol. The van der Waals surface area contributed by atoms with E-state index in [-0.39, 0.29) is 17.8 Å². The van der Waals surface area contributed by atoms with Crippen LogP contribution in [0, 0.1) is 5.92 Å². The summed E-state index contributed by atoms with van der Waals surface area (Å²) in [6.45, 7) is 16.9. The second-order valence-corrected chi connectivity index (χ2v) is 9.81. The fraction of sp³-hybridized carbons (Fsp3) is 0.680. The molecule has 7 atom stereocenters. The van der Waals surface area contributed by atoms with Crippen LogP contribution in [0.4, 0.5) is 0 Å². The molecule has 3 aliphatic rings. The molecule has 0 aromatic rings. The van der Waals surface area contributed by atoms with E-state index in [1.807, 2.05) is 20.8 Å². The molecule has 0 bridgehead atoms. The van der Waals surface area contributed by atoms with Crippen LogP contribution in [0.2, 0.25) is 0 Å². The van der Waals surface area contributed by atoms with Crippen LogP contribution in [0.1, 0.15) is 61.3 Å². The summed E-state index contributed by atoms with van der Waals surface area (Å²) in [6.07, 6.45) is 1.57. The van der Waals surface area contributed by atoms with Crippen LogP contribution < -0.4 is 0 Å². The van der Waals surface area contributed by atoms with Gasteiger partial charge in [0.25, 0.3) is 0 Å². The molecule has 0 unspecified atom stereocenters. The summed E-state index contributed by atoms with van der Waals surface area (Å²) in [5.41, 5.74) is 0.527. The first-order valence-electron chi connectivity index (χ1n) is 11.3. The fourth-order valence-corrected chi connectivity index (χ4v) is 4.32. The summed E-state index contributed by atoms with van der Waals surface area (Å²) in [6, 6.07) is 0. The predicted octanol–water partition coefficient (Wildman–Crippen LogP) is 3.40. The van der Waals surface area contributed by atoms with Gasteiger partial charge in [-0.1, -0.05) is 18.7 Å². The van der Waals surface area contributed by atoms with E-state index >= 15 is 0 Å². The molecule has 178 valence electrons. The minimum absolute atomic E-state index is 0.0721. The number of esters is 2. The number of allylic oxidation sites excluding steroid dienone is 2. The van der Waals surface area contributed by atoms with E-state index < -0.39 is 41.8 Å². The van der Waals surface area contributed by atoms with Gasteiger partial charge in [-0.2, -0.15) is 0 Å². The largest absolute Gasteiger partial charge is 0.454 e. The van der Waals surface area contributed by atoms with E-state index in [9.17, 15) is 14.7 Å². The average Bonchev–Trinajstić information content (AvgIpc) is 3.60. The maximum Gasteiger partial charge on any atom is 0.333 e. The Bertz CT molecular complexity index is 854. The summed E-state index contributed by atoms with van der Waals surface area (Å²) < 4.78 is 23.0. The number of carbonyl (C=O) groups excluding carboxylic acids is 2. The van der Waals surface area contributed by atoms with Gasteiger partial charge in [0.1, 0.15) is 17.8 Å². The van der Waals surface area contributed by atoms with Crippen LogP contribution in [0.5, 0.6) is 0 Å². The Morgan fingerprint density at radius 3 is 2.22 bits per heavy atom. The van der Waals surface area contributed by atoms with Crippen molar-refractivity contribution in [2.45, 2.75) is 103 Å². The lowest BCUT2D eigenvalue weighted by Crippen LogP contribution is -2.52. The highest BCUT2D eigenvalue weighted by atomic mass is 16.7. The normalized spacial score (nSPS) is 36.6. The first-order chi connectivity index (χ1) is 14.9. The Morgan fingerprint density at radius 2 is 1.69 bits per heavy atom. The Balaban J connectivity index is 1.80. The van der Waals surface area contributed by atoms with Crippen molar-refractivity contribution in [3.63, 3.8) is 0 Å². The Labute approximate surface area is 190 Å². The third-order valence-corrected chi connectivity index (χ3v) is 7.21. The number of fused-ring (bicyclic) bond motifs is 1. The second kappa shape index (κ2) is 8.76. The summed E-state index contributed by atoms with van der Waals surface area (Å²) in [5, 5.41) is 11.2. The van der Waals surface area contributed by atoms with Crippen molar-refractivity contribution in [3.8, 4) is 0 Å². The Kier molecular flexibility index (Phi) is 6.76. The number of aliphatic hydroxyl groups excluding tert-OH is 1. The van der Waals surface area contributed by atoms with Gasteiger partial charge < -0.3 is 24.1 Å². The number of ether oxygens (including phenoxy) is 4. The first kappa shape index (κ1) is 24.7. The van der Waals surface area contributed by atoms with Gasteiger partial charge in [0.05, 0.1) is 17.8 Å². The zero-order valence-corrected chi connectivity index (χ0v) is 20.1. The van der Waals surface area contributed by atoms with E-state index in [0.717, 1.165) is 0 Å². The fourth-order valence-electron chi connectivity index (χ4n) is 4.32. The predicted molar refractivity (Wildman–Crippen MR) is 119 cm³/mol. The average molecular weight is 449 g/mol. The number of hydrogen-bond donors (Lipinski definition) is 1. The van der Waals surface area contributed by atoms with Crippen LogP contribution in [0.3, 0.4) is 0 Å². The minimum atomic E-state index is -1.03. The van der Waals surface area contributed by atoms with Crippen LogP contribution >= 0.6 is 0 Å². The number of aliphatic hydroxyl groups is 1. The van der Waals surface area contributed by atoms with Crippen molar-refractivity contribution in [2.24, 2.45) is 5.92 Å². The van der Waals surface area contributed by atoms with Crippen molar-refractivity contribution in [1.29, 1.82) is 0 Å². The van der Waals surface area contributed by atoms with Crippen molar-refractivity contribution in [1.82, 2.24) is 0 Å². The topological polar surface area (TPSA) is 97.9 Å². The molecule has 0 radical (unpaired) electrons. The number of rotatable bonds is 8. The molecule has 1 aliphatic carbocycles. The smallest absolute Gasteiger partial charge is 0.333 e. The molecule has 7 heteroatoms. The lowest BCUT2D eigenvalue weighted by atomic mass is 9.73. The third kappa shape index (κ3) is 4.70. The van der Waals surface area contributed by atoms with E-state index in [1.165, 1.54) is 0 Å². The highest BCUT2D eigenvalue weighted by Crippen LogP contribution is 2.53. The lowest BCUT2D eigenvalue weighted by Gasteiger charge is -2.38.